The van der Waals surface area contributed by atoms with Gasteiger partial charge in [-0.15, -0.1) is 0 Å². The summed E-state index contributed by atoms with van der Waals surface area (Å²) in [6.45, 7) is 4.04. The van der Waals surface area contributed by atoms with E-state index in [1.54, 1.807) is 0 Å². The van der Waals surface area contributed by atoms with Crippen LogP contribution in [0.5, 0.6) is 5.88 Å². The van der Waals surface area contributed by atoms with Crippen molar-refractivity contribution in [2.75, 3.05) is 0 Å². The molecule has 9 nitrogen and oxygen atoms in total. The number of nitrogens with zero attached hydrogens (tertiary/aromatic N) is 3. The fraction of sp³-hybridized carbons (Fsp3) is 0.524. The van der Waals surface area contributed by atoms with Crippen LogP contribution in [0.25, 0.3) is 11.7 Å². The predicted octanol–water partition coefficient (Wildman–Crippen LogP) is 1.68. The van der Waals surface area contributed by atoms with Crippen LogP contribution in [-0.2, 0) is 11.3 Å². The molecule has 11 heteroatoms. The minimum absolute atomic E-state index is 0.000733. The Morgan fingerprint density at radius 1 is 1.28 bits per heavy atom. The second-order valence-corrected chi connectivity index (χ2v) is 8.89. The number of carbonyl (C=O) groups excluding carboxylic acids is 2. The number of amides is 2. The molecule has 0 saturated heterocycles. The van der Waals surface area contributed by atoms with Gasteiger partial charge in [0, 0.05) is 43.1 Å². The van der Waals surface area contributed by atoms with Crippen LogP contribution in [0.15, 0.2) is 17.1 Å². The molecule has 0 unspecified atom stereocenters. The highest BCUT2D eigenvalue weighted by Gasteiger charge is 2.45. The van der Waals surface area contributed by atoms with Gasteiger partial charge in [-0.25, -0.2) is 8.78 Å². The summed E-state index contributed by atoms with van der Waals surface area (Å²) in [5.74, 6) is -4.48. The third-order valence-electron chi connectivity index (χ3n) is 5.45. The number of aromatic hydroxyl groups is 1. The van der Waals surface area contributed by atoms with E-state index < -0.39 is 48.1 Å². The van der Waals surface area contributed by atoms with Crippen molar-refractivity contribution in [3.05, 3.63) is 33.8 Å². The van der Waals surface area contributed by atoms with E-state index in [0.29, 0.717) is 5.56 Å². The first kappa shape index (κ1) is 22.0. The molecule has 2 saturated carbocycles. The Kier molecular flexibility index (Phi) is 5.51. The molecule has 0 bridgehead atoms. The van der Waals surface area contributed by atoms with Crippen LogP contribution in [0.2, 0.25) is 0 Å². The number of aromatic nitrogens is 3. The van der Waals surface area contributed by atoms with E-state index in [1.165, 1.54) is 22.9 Å². The standard InChI is InChI=1S/C21H25F2N5O4/c1-11(2)10-27-18-12(3-6-15(29)25-14-7-21(22,23)8-14)9-24-28(18)20(32)16(19(27)31)17(30)26-13-4-5-13/h3,6,9,11,13-14,32H,4-5,7-8,10H2,1-2H3,(H,25,29)(H,26,30). The highest BCUT2D eigenvalue weighted by atomic mass is 19.3. The first-order valence-corrected chi connectivity index (χ1v) is 10.6. The second-order valence-electron chi connectivity index (χ2n) is 8.89. The maximum absolute atomic E-state index is 13.2. The van der Waals surface area contributed by atoms with E-state index in [1.807, 2.05) is 13.8 Å². The number of halogens is 2. The van der Waals surface area contributed by atoms with Crippen LogP contribution in [0.4, 0.5) is 8.78 Å². The maximum Gasteiger partial charge on any atom is 0.270 e. The van der Waals surface area contributed by atoms with Crippen molar-refractivity contribution in [1.29, 1.82) is 0 Å². The van der Waals surface area contributed by atoms with Gasteiger partial charge in [0.25, 0.3) is 17.4 Å². The Balaban J connectivity index is 1.67. The fourth-order valence-corrected chi connectivity index (χ4v) is 3.73. The summed E-state index contributed by atoms with van der Waals surface area (Å²) in [5.41, 5.74) is -0.449. The first-order chi connectivity index (χ1) is 15.1. The molecule has 2 amide bonds. The molecule has 172 valence electrons. The van der Waals surface area contributed by atoms with Crippen molar-refractivity contribution in [2.24, 2.45) is 5.92 Å². The summed E-state index contributed by atoms with van der Waals surface area (Å²) >= 11 is 0. The smallest absolute Gasteiger partial charge is 0.270 e. The van der Waals surface area contributed by atoms with Gasteiger partial charge in [-0.05, 0) is 24.8 Å². The van der Waals surface area contributed by atoms with Crippen molar-refractivity contribution in [2.45, 2.75) is 64.1 Å². The Bertz CT molecular complexity index is 1160. The Hall–Kier alpha value is -3.24. The van der Waals surface area contributed by atoms with Crippen LogP contribution < -0.4 is 16.2 Å². The van der Waals surface area contributed by atoms with Gasteiger partial charge < -0.3 is 15.7 Å². The molecule has 0 spiro atoms. The van der Waals surface area contributed by atoms with E-state index in [9.17, 15) is 28.3 Å². The Morgan fingerprint density at radius 3 is 2.56 bits per heavy atom. The molecule has 0 radical (unpaired) electrons. The average Bonchev–Trinajstić information content (AvgIpc) is 3.37. The monoisotopic (exact) mass is 449 g/mol. The Morgan fingerprint density at radius 2 is 1.97 bits per heavy atom. The quantitative estimate of drug-likeness (QED) is 0.556. The van der Waals surface area contributed by atoms with E-state index in [2.05, 4.69) is 15.7 Å². The molecular formula is C21H25F2N5O4. The summed E-state index contributed by atoms with van der Waals surface area (Å²) < 4.78 is 28.3. The molecule has 2 aliphatic carbocycles. The molecule has 2 aromatic heterocycles. The number of hydrogen-bond acceptors (Lipinski definition) is 5. The van der Waals surface area contributed by atoms with Gasteiger partial charge in [0.05, 0.1) is 6.20 Å². The van der Waals surface area contributed by atoms with Gasteiger partial charge in [-0.2, -0.15) is 9.61 Å². The minimum atomic E-state index is -2.74. The van der Waals surface area contributed by atoms with Gasteiger partial charge in [0.2, 0.25) is 11.8 Å². The lowest BCUT2D eigenvalue weighted by molar-refractivity contribution is -0.124. The molecule has 0 atom stereocenters. The zero-order chi connectivity index (χ0) is 23.2. The van der Waals surface area contributed by atoms with E-state index in [0.717, 1.165) is 17.4 Å². The topological polar surface area (TPSA) is 118 Å². The number of rotatable bonds is 7. The summed E-state index contributed by atoms with van der Waals surface area (Å²) in [6.07, 6.45) is 4.79. The van der Waals surface area contributed by atoms with Crippen LogP contribution in [0, 0.1) is 5.92 Å². The van der Waals surface area contributed by atoms with E-state index in [-0.39, 0.29) is 29.7 Å². The molecule has 0 aromatic carbocycles. The summed E-state index contributed by atoms with van der Waals surface area (Å²) in [7, 11) is 0. The number of fused-ring (bicyclic) bond motifs is 1. The molecular weight excluding hydrogens is 424 g/mol. The van der Waals surface area contributed by atoms with Gasteiger partial charge in [0.1, 0.15) is 5.65 Å². The number of nitrogens with one attached hydrogen (secondary N) is 2. The predicted molar refractivity (Wildman–Crippen MR) is 112 cm³/mol. The van der Waals surface area contributed by atoms with Gasteiger partial charge in [0.15, 0.2) is 5.56 Å². The third-order valence-corrected chi connectivity index (χ3v) is 5.45. The highest BCUT2D eigenvalue weighted by Crippen LogP contribution is 2.37. The van der Waals surface area contributed by atoms with Crippen LogP contribution in [0.3, 0.4) is 0 Å². The highest BCUT2D eigenvalue weighted by molar-refractivity contribution is 5.97. The van der Waals surface area contributed by atoms with Crippen LogP contribution in [-0.4, -0.2) is 49.1 Å². The summed E-state index contributed by atoms with van der Waals surface area (Å²) in [5, 5.41) is 19.9. The largest absolute Gasteiger partial charge is 0.492 e. The molecule has 2 heterocycles. The van der Waals surface area contributed by atoms with Gasteiger partial charge >= 0.3 is 0 Å². The number of alkyl halides is 2. The van der Waals surface area contributed by atoms with E-state index >= 15 is 0 Å². The molecule has 3 N–H and O–H groups in total. The third kappa shape index (κ3) is 4.37. The lowest BCUT2D eigenvalue weighted by atomic mass is 9.88. The lowest BCUT2D eigenvalue weighted by Gasteiger charge is -2.34. The first-order valence-electron chi connectivity index (χ1n) is 10.6. The van der Waals surface area contributed by atoms with Crippen molar-refractivity contribution >= 4 is 23.5 Å². The molecule has 2 aromatic rings. The zero-order valence-corrected chi connectivity index (χ0v) is 17.8. The van der Waals surface area contributed by atoms with Crippen LogP contribution >= 0.6 is 0 Å². The number of carbonyl (C=O) groups is 2. The molecule has 32 heavy (non-hydrogen) atoms. The van der Waals surface area contributed by atoms with Crippen molar-refractivity contribution in [3.8, 4) is 5.88 Å². The fourth-order valence-electron chi connectivity index (χ4n) is 3.73. The maximum atomic E-state index is 13.2. The van der Waals surface area contributed by atoms with E-state index in [4.69, 9.17) is 0 Å². The summed E-state index contributed by atoms with van der Waals surface area (Å²) in [6, 6.07) is -0.581. The van der Waals surface area contributed by atoms with Gasteiger partial charge in [-0.3, -0.25) is 19.0 Å². The van der Waals surface area contributed by atoms with Crippen molar-refractivity contribution in [1.82, 2.24) is 24.8 Å². The number of hydrogen-bond donors (Lipinski definition) is 3. The zero-order valence-electron chi connectivity index (χ0n) is 17.8. The van der Waals surface area contributed by atoms with Gasteiger partial charge in [-0.1, -0.05) is 13.8 Å². The van der Waals surface area contributed by atoms with Crippen molar-refractivity contribution in [3.63, 3.8) is 0 Å². The summed E-state index contributed by atoms with van der Waals surface area (Å²) in [4.78, 5) is 37.8. The Labute approximate surface area is 182 Å². The molecule has 2 aliphatic rings. The normalized spacial score (nSPS) is 18.3. The SMILES string of the molecule is CC(C)Cn1c(=O)c(C(=O)NC2CC2)c(O)n2ncc(C=CC(=O)NC3CC(F)(F)C3)c12. The molecule has 2 fully saturated rings. The van der Waals surface area contributed by atoms with Crippen molar-refractivity contribution < 1.29 is 23.5 Å². The molecule has 0 aliphatic heterocycles. The second kappa shape index (κ2) is 8.03. The lowest BCUT2D eigenvalue weighted by Crippen LogP contribution is -2.50. The van der Waals surface area contributed by atoms with Crippen LogP contribution in [0.1, 0.15) is 55.5 Å². The minimum Gasteiger partial charge on any atom is -0.492 e. The molecule has 4 rings (SSSR count). The average molecular weight is 449 g/mol.